The highest BCUT2D eigenvalue weighted by Gasteiger charge is 2.22. The first-order valence-corrected chi connectivity index (χ1v) is 12.8. The molecule has 4 aromatic rings. The second kappa shape index (κ2) is 12.3. The van der Waals surface area contributed by atoms with Crippen LogP contribution in [0.2, 0.25) is 0 Å². The van der Waals surface area contributed by atoms with Crippen molar-refractivity contribution < 1.29 is 23.6 Å². The summed E-state index contributed by atoms with van der Waals surface area (Å²) in [4.78, 5) is 29.6. The van der Waals surface area contributed by atoms with E-state index in [1.807, 2.05) is 87.5 Å². The molecule has 0 fully saturated rings. The molecule has 2 aromatic carbocycles. The quantitative estimate of drug-likeness (QED) is 0.221. The van der Waals surface area contributed by atoms with Gasteiger partial charge in [-0.05, 0) is 50.5 Å². The number of hydrogen-bond acceptors (Lipinski definition) is 7. The number of hydrogen-bond donors (Lipinski definition) is 0. The van der Waals surface area contributed by atoms with E-state index in [0.29, 0.717) is 30.0 Å². The minimum atomic E-state index is -0.357. The molecule has 0 saturated carbocycles. The number of aryl methyl sites for hydroxylation is 1. The Hall–Kier alpha value is -4.26. The standard InChI is InChI=1S/C31H32N2O5/c1-5-26(31(35)36-6-2)23-12-14-24(15-13-23)28-17-16-25(19-32-28)30-27(20(3)33-38-30)18-29(34)37-21(4)22-10-8-7-9-11-22/h7-17,19,21,26H,5-6,18H2,1-4H3/t21-,26?/m1/s1. The minimum Gasteiger partial charge on any atom is -0.466 e. The van der Waals surface area contributed by atoms with Crippen LogP contribution in [0.1, 0.15) is 61.6 Å². The average Bonchev–Trinajstić information content (AvgIpc) is 3.29. The van der Waals surface area contributed by atoms with E-state index in [2.05, 4.69) is 10.1 Å². The molecule has 0 saturated heterocycles. The molecule has 0 N–H and O–H groups in total. The predicted octanol–water partition coefficient (Wildman–Crippen LogP) is 6.62. The number of ether oxygens (including phenoxy) is 2. The van der Waals surface area contributed by atoms with E-state index < -0.39 is 0 Å². The van der Waals surface area contributed by atoms with Crippen LogP contribution in [0, 0.1) is 6.92 Å². The first-order chi connectivity index (χ1) is 18.4. The number of aromatic nitrogens is 2. The number of nitrogens with zero attached hydrogens (tertiary/aromatic N) is 2. The zero-order valence-electron chi connectivity index (χ0n) is 22.1. The molecular formula is C31H32N2O5. The molecule has 1 unspecified atom stereocenters. The molecule has 196 valence electrons. The zero-order valence-corrected chi connectivity index (χ0v) is 22.1. The lowest BCUT2D eigenvalue weighted by Crippen LogP contribution is -2.15. The van der Waals surface area contributed by atoms with E-state index in [4.69, 9.17) is 14.0 Å². The molecule has 2 aromatic heterocycles. The molecule has 38 heavy (non-hydrogen) atoms. The maximum atomic E-state index is 12.7. The molecule has 0 bridgehead atoms. The van der Waals surface area contributed by atoms with Crippen LogP contribution in [0.5, 0.6) is 0 Å². The highest BCUT2D eigenvalue weighted by molar-refractivity contribution is 5.79. The van der Waals surface area contributed by atoms with Crippen LogP contribution in [-0.2, 0) is 25.5 Å². The third-order valence-corrected chi connectivity index (χ3v) is 6.50. The molecular weight excluding hydrogens is 480 g/mol. The van der Waals surface area contributed by atoms with E-state index in [9.17, 15) is 9.59 Å². The maximum Gasteiger partial charge on any atom is 0.313 e. The molecule has 7 nitrogen and oxygen atoms in total. The molecule has 7 heteroatoms. The predicted molar refractivity (Wildman–Crippen MR) is 144 cm³/mol. The van der Waals surface area contributed by atoms with E-state index in [-0.39, 0.29) is 30.4 Å². The van der Waals surface area contributed by atoms with E-state index in [1.165, 1.54) is 0 Å². The van der Waals surface area contributed by atoms with Gasteiger partial charge in [0.05, 0.1) is 30.3 Å². The van der Waals surface area contributed by atoms with Crippen molar-refractivity contribution in [2.45, 2.75) is 52.6 Å². The summed E-state index contributed by atoms with van der Waals surface area (Å²) in [5.41, 5.74) is 5.58. The Morgan fingerprint density at radius 3 is 2.26 bits per heavy atom. The van der Waals surface area contributed by atoms with Crippen LogP contribution in [0.15, 0.2) is 77.4 Å². The number of esters is 2. The van der Waals surface area contributed by atoms with Crippen LogP contribution >= 0.6 is 0 Å². The molecule has 0 radical (unpaired) electrons. The Bertz CT molecular complexity index is 1360. The minimum absolute atomic E-state index is 0.0457. The van der Waals surface area contributed by atoms with Gasteiger partial charge in [-0.1, -0.05) is 66.7 Å². The largest absolute Gasteiger partial charge is 0.466 e. The fraction of sp³-hybridized carbons (Fsp3) is 0.290. The SMILES string of the molecule is CCOC(=O)C(CC)c1ccc(-c2ccc(-c3onc(C)c3CC(=O)O[C@H](C)c3ccccc3)cn2)cc1. The van der Waals surface area contributed by atoms with Gasteiger partial charge in [-0.25, -0.2) is 0 Å². The van der Waals surface area contributed by atoms with Gasteiger partial charge in [0.25, 0.3) is 0 Å². The van der Waals surface area contributed by atoms with Crippen LogP contribution in [0.4, 0.5) is 0 Å². The molecule has 0 amide bonds. The fourth-order valence-electron chi connectivity index (χ4n) is 4.37. The van der Waals surface area contributed by atoms with Crippen LogP contribution < -0.4 is 0 Å². The van der Waals surface area contributed by atoms with Gasteiger partial charge < -0.3 is 14.0 Å². The van der Waals surface area contributed by atoms with E-state index >= 15 is 0 Å². The summed E-state index contributed by atoms with van der Waals surface area (Å²) in [5.74, 6) is -0.343. The Kier molecular flexibility index (Phi) is 8.69. The Balaban J connectivity index is 1.47. The van der Waals surface area contributed by atoms with Crippen molar-refractivity contribution in [1.29, 1.82) is 0 Å². The number of carbonyl (C=O) groups is 2. The number of carbonyl (C=O) groups excluding carboxylic acids is 2. The van der Waals surface area contributed by atoms with Crippen LogP contribution in [0.3, 0.4) is 0 Å². The monoisotopic (exact) mass is 512 g/mol. The molecule has 0 aliphatic rings. The normalized spacial score (nSPS) is 12.5. The van der Waals surface area contributed by atoms with Crippen LogP contribution in [-0.4, -0.2) is 28.7 Å². The summed E-state index contributed by atoms with van der Waals surface area (Å²) in [5, 5.41) is 4.08. The van der Waals surface area contributed by atoms with Gasteiger partial charge in [0.2, 0.25) is 0 Å². The smallest absolute Gasteiger partial charge is 0.313 e. The van der Waals surface area contributed by atoms with Crippen molar-refractivity contribution in [2.75, 3.05) is 6.61 Å². The van der Waals surface area contributed by atoms with Crippen LogP contribution in [0.25, 0.3) is 22.6 Å². The number of rotatable bonds is 10. The second-order valence-corrected chi connectivity index (χ2v) is 9.06. The summed E-state index contributed by atoms with van der Waals surface area (Å²) in [6, 6.07) is 21.2. The van der Waals surface area contributed by atoms with Crippen molar-refractivity contribution in [3.05, 3.63) is 95.3 Å². The van der Waals surface area contributed by atoms with Gasteiger partial charge in [0.15, 0.2) is 5.76 Å². The fourth-order valence-corrected chi connectivity index (χ4v) is 4.37. The highest BCUT2D eigenvalue weighted by atomic mass is 16.5. The average molecular weight is 513 g/mol. The lowest BCUT2D eigenvalue weighted by atomic mass is 9.95. The summed E-state index contributed by atoms with van der Waals surface area (Å²) in [6.45, 7) is 7.80. The first kappa shape index (κ1) is 26.8. The topological polar surface area (TPSA) is 91.5 Å². The third kappa shape index (κ3) is 6.17. The van der Waals surface area contributed by atoms with Gasteiger partial charge in [-0.3, -0.25) is 14.6 Å². The Labute approximate surface area is 222 Å². The van der Waals surface area contributed by atoms with Gasteiger partial charge in [-0.2, -0.15) is 0 Å². The molecule has 0 spiro atoms. The molecule has 2 atom stereocenters. The summed E-state index contributed by atoms with van der Waals surface area (Å²) in [6.07, 6.45) is 2.06. The lowest BCUT2D eigenvalue weighted by molar-refractivity contribution is -0.148. The maximum absolute atomic E-state index is 12.7. The van der Waals surface area contributed by atoms with E-state index in [0.717, 1.165) is 27.9 Å². The number of benzene rings is 2. The van der Waals surface area contributed by atoms with Crippen molar-refractivity contribution in [3.8, 4) is 22.6 Å². The van der Waals surface area contributed by atoms with Crippen molar-refractivity contribution >= 4 is 11.9 Å². The first-order valence-electron chi connectivity index (χ1n) is 12.8. The van der Waals surface area contributed by atoms with E-state index in [1.54, 1.807) is 13.1 Å². The summed E-state index contributed by atoms with van der Waals surface area (Å²) >= 11 is 0. The van der Waals surface area contributed by atoms with Gasteiger partial charge in [0.1, 0.15) is 6.10 Å². The second-order valence-electron chi connectivity index (χ2n) is 9.06. The zero-order chi connectivity index (χ0) is 27.1. The molecule has 0 aliphatic heterocycles. The van der Waals surface area contributed by atoms with Crippen molar-refractivity contribution in [2.24, 2.45) is 0 Å². The summed E-state index contributed by atoms with van der Waals surface area (Å²) < 4.78 is 16.4. The molecule has 2 heterocycles. The highest BCUT2D eigenvalue weighted by Crippen LogP contribution is 2.30. The van der Waals surface area contributed by atoms with Gasteiger partial charge in [-0.15, -0.1) is 0 Å². The Morgan fingerprint density at radius 1 is 0.921 bits per heavy atom. The number of pyridine rings is 1. The summed E-state index contributed by atoms with van der Waals surface area (Å²) in [7, 11) is 0. The molecule has 4 rings (SSSR count). The third-order valence-electron chi connectivity index (χ3n) is 6.50. The molecule has 0 aliphatic carbocycles. The van der Waals surface area contributed by atoms with Gasteiger partial charge >= 0.3 is 11.9 Å². The Morgan fingerprint density at radius 2 is 1.63 bits per heavy atom. The lowest BCUT2D eigenvalue weighted by Gasteiger charge is -2.14. The van der Waals surface area contributed by atoms with Crippen molar-refractivity contribution in [3.63, 3.8) is 0 Å². The van der Waals surface area contributed by atoms with Gasteiger partial charge in [0, 0.05) is 22.9 Å². The van der Waals surface area contributed by atoms with Crippen molar-refractivity contribution in [1.82, 2.24) is 10.1 Å².